The lowest BCUT2D eigenvalue weighted by molar-refractivity contribution is -0.715. The van der Waals surface area contributed by atoms with Gasteiger partial charge in [0, 0.05) is 0 Å². The number of rotatable bonds is 3. The van der Waals surface area contributed by atoms with E-state index in [1.54, 1.807) is 13.8 Å². The van der Waals surface area contributed by atoms with E-state index in [2.05, 4.69) is 4.89 Å². The summed E-state index contributed by atoms with van der Waals surface area (Å²) < 4.78 is 0. The molecular formula is C6H13O2-. The highest BCUT2D eigenvalue weighted by Crippen LogP contribution is 2.12. The van der Waals surface area contributed by atoms with E-state index in [1.807, 2.05) is 6.92 Å². The normalized spacial score (nSPS) is 12.0. The third-order valence-electron chi connectivity index (χ3n) is 1.08. The molecule has 0 aliphatic carbocycles. The first-order chi connectivity index (χ1) is 3.62. The van der Waals surface area contributed by atoms with E-state index in [0.29, 0.717) is 0 Å². The summed E-state index contributed by atoms with van der Waals surface area (Å²) in [4.78, 5) is 3.93. The Balaban J connectivity index is 3.37. The lowest BCUT2D eigenvalue weighted by Gasteiger charge is -2.28. The SMILES string of the molecule is CCCC(C)(C)O[O-]. The molecule has 2 nitrogen and oxygen atoms in total. The van der Waals surface area contributed by atoms with Crippen molar-refractivity contribution in [2.24, 2.45) is 0 Å². The molecule has 0 N–H and O–H groups in total. The van der Waals surface area contributed by atoms with Crippen molar-refractivity contribution in [3.05, 3.63) is 0 Å². The van der Waals surface area contributed by atoms with E-state index in [9.17, 15) is 5.26 Å². The molecule has 0 aromatic rings. The fourth-order valence-electron chi connectivity index (χ4n) is 0.644. The Morgan fingerprint density at radius 2 is 2.00 bits per heavy atom. The predicted molar refractivity (Wildman–Crippen MR) is 30.1 cm³/mol. The molecule has 0 aromatic heterocycles. The van der Waals surface area contributed by atoms with Gasteiger partial charge in [0.1, 0.15) is 0 Å². The van der Waals surface area contributed by atoms with Gasteiger partial charge in [-0.3, -0.25) is 0 Å². The van der Waals surface area contributed by atoms with Gasteiger partial charge in [0.25, 0.3) is 0 Å². The Labute approximate surface area is 50.4 Å². The van der Waals surface area contributed by atoms with Gasteiger partial charge in [0.15, 0.2) is 0 Å². The van der Waals surface area contributed by atoms with Crippen LogP contribution in [-0.4, -0.2) is 5.60 Å². The molecule has 0 saturated carbocycles. The first kappa shape index (κ1) is 7.92. The zero-order valence-corrected chi connectivity index (χ0v) is 5.73. The smallest absolute Gasteiger partial charge is 0.0502 e. The highest BCUT2D eigenvalue weighted by atomic mass is 17.1. The van der Waals surface area contributed by atoms with E-state index < -0.39 is 5.60 Å². The Bertz CT molecular complexity index is 59.5. The van der Waals surface area contributed by atoms with Gasteiger partial charge in [0.05, 0.1) is 5.60 Å². The van der Waals surface area contributed by atoms with E-state index in [-0.39, 0.29) is 0 Å². The van der Waals surface area contributed by atoms with Crippen molar-refractivity contribution in [2.45, 2.75) is 39.2 Å². The summed E-state index contributed by atoms with van der Waals surface area (Å²) in [5.74, 6) is 0. The minimum atomic E-state index is -0.464. The van der Waals surface area contributed by atoms with Gasteiger partial charge < -0.3 is 10.1 Å². The molecule has 0 spiro atoms. The highest BCUT2D eigenvalue weighted by Gasteiger charge is 2.10. The van der Waals surface area contributed by atoms with Gasteiger partial charge in [-0.15, -0.1) is 0 Å². The van der Waals surface area contributed by atoms with E-state index >= 15 is 0 Å². The van der Waals surface area contributed by atoms with Gasteiger partial charge in [-0.25, -0.2) is 0 Å². The van der Waals surface area contributed by atoms with Gasteiger partial charge in [-0.1, -0.05) is 13.3 Å². The summed E-state index contributed by atoms with van der Waals surface area (Å²) in [6.45, 7) is 5.62. The molecule has 0 unspecified atom stereocenters. The van der Waals surface area contributed by atoms with Crippen LogP contribution in [0.2, 0.25) is 0 Å². The lowest BCUT2D eigenvalue weighted by atomic mass is 10.0. The van der Waals surface area contributed by atoms with Crippen LogP contribution in [0.4, 0.5) is 0 Å². The van der Waals surface area contributed by atoms with Crippen LogP contribution >= 0.6 is 0 Å². The standard InChI is InChI=1S/C6H14O2/c1-4-5-6(2,3)8-7/h7H,4-5H2,1-3H3/p-1. The Kier molecular flexibility index (Phi) is 3.02. The van der Waals surface area contributed by atoms with E-state index in [0.717, 1.165) is 12.8 Å². The summed E-state index contributed by atoms with van der Waals surface area (Å²) in [6.07, 6.45) is 1.83. The number of hydrogen-bond acceptors (Lipinski definition) is 2. The topological polar surface area (TPSA) is 32.3 Å². The van der Waals surface area contributed by atoms with E-state index in [1.165, 1.54) is 0 Å². The summed E-state index contributed by atoms with van der Waals surface area (Å²) >= 11 is 0. The molecule has 0 atom stereocenters. The van der Waals surface area contributed by atoms with Crippen LogP contribution in [0, 0.1) is 0 Å². The third kappa shape index (κ3) is 2.99. The zero-order valence-electron chi connectivity index (χ0n) is 5.73. The van der Waals surface area contributed by atoms with Crippen LogP contribution in [0.25, 0.3) is 0 Å². The molecular weight excluding hydrogens is 104 g/mol. The third-order valence-corrected chi connectivity index (χ3v) is 1.08. The van der Waals surface area contributed by atoms with Gasteiger partial charge >= 0.3 is 0 Å². The summed E-state index contributed by atoms with van der Waals surface area (Å²) in [5.41, 5.74) is -0.464. The lowest BCUT2D eigenvalue weighted by Crippen LogP contribution is -2.29. The Hall–Kier alpha value is -0.0800. The van der Waals surface area contributed by atoms with Gasteiger partial charge in [0.2, 0.25) is 0 Å². The molecule has 0 aliphatic rings. The maximum atomic E-state index is 9.84. The monoisotopic (exact) mass is 117 g/mol. The zero-order chi connectivity index (χ0) is 6.62. The summed E-state index contributed by atoms with van der Waals surface area (Å²) in [5, 5.41) is 9.84. The molecule has 0 bridgehead atoms. The van der Waals surface area contributed by atoms with Crippen molar-refractivity contribution in [1.29, 1.82) is 0 Å². The minimum Gasteiger partial charge on any atom is -0.723 e. The van der Waals surface area contributed by atoms with Crippen LogP contribution in [0.3, 0.4) is 0 Å². The van der Waals surface area contributed by atoms with Gasteiger partial charge in [-0.05, 0) is 20.3 Å². The second-order valence-corrected chi connectivity index (χ2v) is 2.59. The van der Waals surface area contributed by atoms with Crippen LogP contribution in [0.1, 0.15) is 33.6 Å². The maximum Gasteiger partial charge on any atom is 0.0502 e. The first-order valence-electron chi connectivity index (χ1n) is 2.93. The van der Waals surface area contributed by atoms with Gasteiger partial charge in [-0.2, -0.15) is 0 Å². The number of hydrogen-bond donors (Lipinski definition) is 0. The first-order valence-corrected chi connectivity index (χ1v) is 2.93. The molecule has 0 rings (SSSR count). The highest BCUT2D eigenvalue weighted by molar-refractivity contribution is 4.63. The molecule has 0 aromatic carbocycles. The fraction of sp³-hybridized carbons (Fsp3) is 1.00. The second kappa shape index (κ2) is 3.05. The second-order valence-electron chi connectivity index (χ2n) is 2.59. The van der Waals surface area contributed by atoms with Crippen LogP contribution in [-0.2, 0) is 4.89 Å². The maximum absolute atomic E-state index is 9.84. The quantitative estimate of drug-likeness (QED) is 0.405. The molecule has 0 fully saturated rings. The van der Waals surface area contributed by atoms with Crippen LogP contribution in [0.5, 0.6) is 0 Å². The molecule has 0 heterocycles. The van der Waals surface area contributed by atoms with Crippen LogP contribution in [0.15, 0.2) is 0 Å². The molecule has 0 amide bonds. The summed E-state index contributed by atoms with van der Waals surface area (Å²) in [6, 6.07) is 0. The largest absolute Gasteiger partial charge is 0.723 e. The minimum absolute atomic E-state index is 0.464. The average molecular weight is 117 g/mol. The van der Waals surface area contributed by atoms with Crippen molar-refractivity contribution in [3.8, 4) is 0 Å². The predicted octanol–water partition coefficient (Wildman–Crippen LogP) is 0.857. The van der Waals surface area contributed by atoms with Crippen molar-refractivity contribution in [2.75, 3.05) is 0 Å². The van der Waals surface area contributed by atoms with E-state index in [4.69, 9.17) is 0 Å². The van der Waals surface area contributed by atoms with Crippen molar-refractivity contribution >= 4 is 0 Å². The molecule has 50 valence electrons. The fourth-order valence-corrected chi connectivity index (χ4v) is 0.644. The molecule has 0 saturated heterocycles. The summed E-state index contributed by atoms with van der Waals surface area (Å²) in [7, 11) is 0. The molecule has 8 heavy (non-hydrogen) atoms. The average Bonchev–Trinajstić information content (AvgIpc) is 1.67. The van der Waals surface area contributed by atoms with Crippen LogP contribution < -0.4 is 5.26 Å². The molecule has 2 heteroatoms. The Morgan fingerprint density at radius 1 is 1.50 bits per heavy atom. The van der Waals surface area contributed by atoms with Crippen molar-refractivity contribution < 1.29 is 10.1 Å². The van der Waals surface area contributed by atoms with Crippen molar-refractivity contribution in [3.63, 3.8) is 0 Å². The molecule has 0 radical (unpaired) electrons. The molecule has 0 aliphatic heterocycles. The Morgan fingerprint density at radius 3 is 2.12 bits per heavy atom. The van der Waals surface area contributed by atoms with Crippen molar-refractivity contribution in [1.82, 2.24) is 0 Å².